The minimum Gasteiger partial charge on any atom is -0.464 e. The summed E-state index contributed by atoms with van der Waals surface area (Å²) in [6.07, 6.45) is 0.482. The van der Waals surface area contributed by atoms with Crippen molar-refractivity contribution in [2.45, 2.75) is 6.54 Å². The van der Waals surface area contributed by atoms with Gasteiger partial charge >= 0.3 is 5.97 Å². The molecular formula is C12H10FN3O3. The van der Waals surface area contributed by atoms with Crippen molar-refractivity contribution in [1.82, 2.24) is 15.0 Å². The molecule has 1 aromatic carbocycles. The molecule has 0 atom stereocenters. The van der Waals surface area contributed by atoms with E-state index in [4.69, 9.17) is 0 Å². The predicted molar refractivity (Wildman–Crippen MR) is 62.3 cm³/mol. The SMILES string of the molecule is COC(=O)c1nnn(Cc2ccc(F)cc2)c1C=O. The molecule has 6 nitrogen and oxygen atoms in total. The molecule has 0 bridgehead atoms. The van der Waals surface area contributed by atoms with Crippen LogP contribution in [0.25, 0.3) is 0 Å². The molecule has 0 fully saturated rings. The number of aromatic nitrogens is 3. The Kier molecular flexibility index (Phi) is 3.65. The molecule has 0 aliphatic heterocycles. The molecule has 19 heavy (non-hydrogen) atoms. The first-order valence-corrected chi connectivity index (χ1v) is 5.37. The molecule has 0 radical (unpaired) electrons. The van der Waals surface area contributed by atoms with Gasteiger partial charge in [-0.25, -0.2) is 13.9 Å². The van der Waals surface area contributed by atoms with Crippen LogP contribution in [0.3, 0.4) is 0 Å². The van der Waals surface area contributed by atoms with Gasteiger partial charge in [-0.1, -0.05) is 17.3 Å². The third-order valence-electron chi connectivity index (χ3n) is 2.51. The van der Waals surface area contributed by atoms with Crippen molar-refractivity contribution in [2.24, 2.45) is 0 Å². The van der Waals surface area contributed by atoms with Crippen molar-refractivity contribution in [3.8, 4) is 0 Å². The number of carbonyl (C=O) groups is 2. The number of hydrogen-bond donors (Lipinski definition) is 0. The zero-order chi connectivity index (χ0) is 13.8. The molecule has 0 N–H and O–H groups in total. The van der Waals surface area contributed by atoms with Gasteiger partial charge in [0, 0.05) is 0 Å². The van der Waals surface area contributed by atoms with E-state index < -0.39 is 5.97 Å². The number of ether oxygens (including phenoxy) is 1. The van der Waals surface area contributed by atoms with Gasteiger partial charge in [-0.05, 0) is 17.7 Å². The summed E-state index contributed by atoms with van der Waals surface area (Å²) in [5, 5.41) is 7.32. The molecule has 0 saturated heterocycles. The summed E-state index contributed by atoms with van der Waals surface area (Å²) >= 11 is 0. The van der Waals surface area contributed by atoms with E-state index in [1.807, 2.05) is 0 Å². The van der Waals surface area contributed by atoms with Crippen LogP contribution in [0.1, 0.15) is 26.5 Å². The highest BCUT2D eigenvalue weighted by molar-refractivity contribution is 5.95. The van der Waals surface area contributed by atoms with Gasteiger partial charge in [0.15, 0.2) is 6.29 Å². The van der Waals surface area contributed by atoms with Crippen molar-refractivity contribution in [3.05, 3.63) is 47.0 Å². The van der Waals surface area contributed by atoms with Crippen LogP contribution in [0.15, 0.2) is 24.3 Å². The van der Waals surface area contributed by atoms with Gasteiger partial charge in [-0.15, -0.1) is 5.10 Å². The lowest BCUT2D eigenvalue weighted by Gasteiger charge is -2.03. The topological polar surface area (TPSA) is 74.1 Å². The van der Waals surface area contributed by atoms with E-state index >= 15 is 0 Å². The molecule has 0 amide bonds. The zero-order valence-corrected chi connectivity index (χ0v) is 10.0. The Bertz CT molecular complexity index is 607. The van der Waals surface area contributed by atoms with Crippen molar-refractivity contribution in [1.29, 1.82) is 0 Å². The van der Waals surface area contributed by atoms with Crippen LogP contribution in [-0.2, 0) is 11.3 Å². The van der Waals surface area contributed by atoms with E-state index in [-0.39, 0.29) is 23.7 Å². The van der Waals surface area contributed by atoms with Crippen molar-refractivity contribution < 1.29 is 18.7 Å². The lowest BCUT2D eigenvalue weighted by atomic mass is 10.2. The van der Waals surface area contributed by atoms with Crippen LogP contribution < -0.4 is 0 Å². The maximum atomic E-state index is 12.8. The Morgan fingerprint density at radius 2 is 2.11 bits per heavy atom. The summed E-state index contributed by atoms with van der Waals surface area (Å²) < 4.78 is 18.5. The van der Waals surface area contributed by atoms with Gasteiger partial charge < -0.3 is 4.74 Å². The zero-order valence-electron chi connectivity index (χ0n) is 10.0. The number of nitrogens with zero attached hydrogens (tertiary/aromatic N) is 3. The molecule has 2 aromatic rings. The average Bonchev–Trinajstić information content (AvgIpc) is 2.83. The van der Waals surface area contributed by atoms with E-state index in [0.717, 1.165) is 5.56 Å². The van der Waals surface area contributed by atoms with E-state index in [2.05, 4.69) is 15.0 Å². The number of esters is 1. The summed E-state index contributed by atoms with van der Waals surface area (Å²) in [6.45, 7) is 0.207. The molecular weight excluding hydrogens is 253 g/mol. The van der Waals surface area contributed by atoms with E-state index in [1.54, 1.807) is 12.1 Å². The monoisotopic (exact) mass is 263 g/mol. The highest BCUT2D eigenvalue weighted by atomic mass is 19.1. The summed E-state index contributed by atoms with van der Waals surface area (Å²) in [4.78, 5) is 22.4. The smallest absolute Gasteiger partial charge is 0.361 e. The molecule has 1 aromatic heterocycles. The van der Waals surface area contributed by atoms with Crippen molar-refractivity contribution in [2.75, 3.05) is 7.11 Å². The van der Waals surface area contributed by atoms with Crippen LogP contribution >= 0.6 is 0 Å². The fourth-order valence-corrected chi connectivity index (χ4v) is 1.56. The van der Waals surface area contributed by atoms with E-state index in [0.29, 0.717) is 6.29 Å². The number of aldehydes is 1. The Morgan fingerprint density at radius 1 is 1.42 bits per heavy atom. The Balaban J connectivity index is 2.30. The molecule has 2 rings (SSSR count). The first-order chi connectivity index (χ1) is 9.15. The van der Waals surface area contributed by atoms with Crippen LogP contribution in [0, 0.1) is 5.82 Å². The normalized spacial score (nSPS) is 10.2. The van der Waals surface area contributed by atoms with Crippen LogP contribution in [-0.4, -0.2) is 34.4 Å². The largest absolute Gasteiger partial charge is 0.464 e. The number of hydrogen-bond acceptors (Lipinski definition) is 5. The molecule has 0 unspecified atom stereocenters. The predicted octanol–water partition coefficient (Wildman–Crippen LogP) is 1.06. The van der Waals surface area contributed by atoms with Crippen LogP contribution in [0.2, 0.25) is 0 Å². The fraction of sp³-hybridized carbons (Fsp3) is 0.167. The molecule has 7 heteroatoms. The Hall–Kier alpha value is -2.57. The molecule has 0 saturated carbocycles. The number of rotatable bonds is 4. The average molecular weight is 263 g/mol. The first kappa shape index (κ1) is 12.9. The number of benzene rings is 1. The maximum Gasteiger partial charge on any atom is 0.361 e. The first-order valence-electron chi connectivity index (χ1n) is 5.37. The summed E-state index contributed by atoms with van der Waals surface area (Å²) in [6, 6.07) is 5.72. The van der Waals surface area contributed by atoms with Crippen molar-refractivity contribution >= 4 is 12.3 Å². The van der Waals surface area contributed by atoms with Gasteiger partial charge in [0.1, 0.15) is 11.5 Å². The molecule has 0 aliphatic carbocycles. The molecule has 0 aliphatic rings. The standard InChI is InChI=1S/C12H10FN3O3/c1-19-12(18)11-10(7-17)16(15-14-11)6-8-2-4-9(13)5-3-8/h2-5,7H,6H2,1H3. The van der Waals surface area contributed by atoms with E-state index in [1.165, 1.54) is 23.9 Å². The van der Waals surface area contributed by atoms with Gasteiger partial charge in [0.25, 0.3) is 0 Å². The second kappa shape index (κ2) is 5.38. The Labute approximate surface area is 107 Å². The van der Waals surface area contributed by atoms with Gasteiger partial charge in [-0.2, -0.15) is 0 Å². The number of carbonyl (C=O) groups excluding carboxylic acids is 2. The van der Waals surface area contributed by atoms with Crippen molar-refractivity contribution in [3.63, 3.8) is 0 Å². The van der Waals surface area contributed by atoms with E-state index in [9.17, 15) is 14.0 Å². The number of halogens is 1. The van der Waals surface area contributed by atoms with Gasteiger partial charge in [0.05, 0.1) is 13.7 Å². The Morgan fingerprint density at radius 3 is 2.68 bits per heavy atom. The third-order valence-corrected chi connectivity index (χ3v) is 2.51. The highest BCUT2D eigenvalue weighted by Gasteiger charge is 2.19. The lowest BCUT2D eigenvalue weighted by molar-refractivity contribution is 0.0591. The van der Waals surface area contributed by atoms with Gasteiger partial charge in [0.2, 0.25) is 5.69 Å². The molecule has 0 spiro atoms. The summed E-state index contributed by atoms with van der Waals surface area (Å²) in [5.41, 5.74) is 0.613. The second-order valence-electron chi connectivity index (χ2n) is 3.72. The number of methoxy groups -OCH3 is 1. The quantitative estimate of drug-likeness (QED) is 0.609. The molecule has 98 valence electrons. The second-order valence-corrected chi connectivity index (χ2v) is 3.72. The minimum absolute atomic E-state index is 0.0242. The van der Waals surface area contributed by atoms with Crippen LogP contribution in [0.5, 0.6) is 0 Å². The third kappa shape index (κ3) is 2.65. The highest BCUT2D eigenvalue weighted by Crippen LogP contribution is 2.09. The fourth-order valence-electron chi connectivity index (χ4n) is 1.56. The minimum atomic E-state index is -0.729. The maximum absolute atomic E-state index is 12.8. The summed E-state index contributed by atoms with van der Waals surface area (Å²) in [5.74, 6) is -1.08. The molecule has 1 heterocycles. The van der Waals surface area contributed by atoms with Crippen LogP contribution in [0.4, 0.5) is 4.39 Å². The lowest BCUT2D eigenvalue weighted by Crippen LogP contribution is -2.09. The summed E-state index contributed by atoms with van der Waals surface area (Å²) in [7, 11) is 1.19. The van der Waals surface area contributed by atoms with Gasteiger partial charge in [-0.3, -0.25) is 4.79 Å².